The summed E-state index contributed by atoms with van der Waals surface area (Å²) in [6, 6.07) is 34.9. The molecule has 0 unspecified atom stereocenters. The van der Waals surface area contributed by atoms with Gasteiger partial charge in [0.05, 0.1) is 26.4 Å². The van der Waals surface area contributed by atoms with Crippen LogP contribution in [0.15, 0.2) is 97.1 Å². The molecule has 0 aliphatic heterocycles. The van der Waals surface area contributed by atoms with E-state index in [0.29, 0.717) is 103 Å². The SMILES string of the molecule is CCOc1ccc(C[C@@H](CN)N[C@@H](C)CN)cc1.CCOc1ccc(C[C@@H](CN)N[C@H](C)CN)cc1.CCOc1ccc(C[C@H](CN)N[C@@H](C)CN)cc1.CCOc1ccc(C[C@H](CN)N[C@H](C)CN)cc1. The monoisotopic (exact) mass is 1000 g/mol. The minimum Gasteiger partial charge on any atom is -0.494 e. The summed E-state index contributed by atoms with van der Waals surface area (Å²) >= 11 is 0. The van der Waals surface area contributed by atoms with E-state index in [4.69, 9.17) is 64.8 Å². The standard InChI is InChI=1S/4C14H25N3O/c4*1-3-18-14-6-4-12(5-7-14)8-13(10-16)17-11(2)9-15/h4*4-7,11,13,17H,3,8-10,15-16H2,1-2H3/t2*11-,13+;2*11-,13-/m1010/s1. The van der Waals surface area contributed by atoms with E-state index in [-0.39, 0.29) is 24.2 Å². The fraction of sp³-hybridized carbons (Fsp3) is 0.571. The first-order valence-corrected chi connectivity index (χ1v) is 26.3. The van der Waals surface area contributed by atoms with Gasteiger partial charge in [0.25, 0.3) is 0 Å². The van der Waals surface area contributed by atoms with Crippen molar-refractivity contribution in [2.45, 2.75) is 129 Å². The molecular weight excluding hydrogens is 905 g/mol. The minimum absolute atomic E-state index is 0.265. The maximum Gasteiger partial charge on any atom is 0.119 e. The molecule has 0 spiro atoms. The van der Waals surface area contributed by atoms with E-state index in [1.807, 2.05) is 76.2 Å². The van der Waals surface area contributed by atoms with E-state index in [1.165, 1.54) is 22.3 Å². The van der Waals surface area contributed by atoms with Gasteiger partial charge in [-0.2, -0.15) is 0 Å². The molecule has 0 amide bonds. The van der Waals surface area contributed by atoms with Gasteiger partial charge in [0.1, 0.15) is 23.0 Å². The lowest BCUT2D eigenvalue weighted by Crippen LogP contribution is -2.45. The van der Waals surface area contributed by atoms with Crippen LogP contribution in [0.25, 0.3) is 0 Å². The molecular formula is C56H100N12O4. The molecule has 16 nitrogen and oxygen atoms in total. The maximum absolute atomic E-state index is 5.77. The van der Waals surface area contributed by atoms with Crippen molar-refractivity contribution in [3.8, 4) is 23.0 Å². The van der Waals surface area contributed by atoms with Gasteiger partial charge in [0.2, 0.25) is 0 Å². The summed E-state index contributed by atoms with van der Waals surface area (Å²) in [5, 5.41) is 13.7. The highest BCUT2D eigenvalue weighted by molar-refractivity contribution is 5.30. The Hall–Kier alpha value is -4.40. The van der Waals surface area contributed by atoms with Gasteiger partial charge in [-0.1, -0.05) is 48.5 Å². The Balaban J connectivity index is 0.000000480. The van der Waals surface area contributed by atoms with Crippen LogP contribution in [0.4, 0.5) is 0 Å². The molecule has 0 fully saturated rings. The molecule has 0 heterocycles. The normalized spacial score (nSPS) is 14.2. The number of hydrogen-bond donors (Lipinski definition) is 12. The predicted molar refractivity (Wildman–Crippen MR) is 303 cm³/mol. The second-order valence-corrected chi connectivity index (χ2v) is 18.1. The first kappa shape index (κ1) is 65.6. The molecule has 408 valence electrons. The van der Waals surface area contributed by atoms with Crippen molar-refractivity contribution in [2.24, 2.45) is 45.9 Å². The Morgan fingerprint density at radius 3 is 0.583 bits per heavy atom. The molecule has 0 aliphatic carbocycles. The van der Waals surface area contributed by atoms with Crippen molar-refractivity contribution in [1.82, 2.24) is 21.3 Å². The minimum atomic E-state index is 0.265. The molecule has 4 aromatic rings. The summed E-state index contributed by atoms with van der Waals surface area (Å²) in [7, 11) is 0. The fourth-order valence-corrected chi connectivity index (χ4v) is 7.41. The van der Waals surface area contributed by atoms with Crippen LogP contribution < -0.4 is 86.1 Å². The van der Waals surface area contributed by atoms with E-state index in [1.54, 1.807) is 0 Å². The highest BCUT2D eigenvalue weighted by Crippen LogP contribution is 2.17. The number of nitrogens with one attached hydrogen (secondary N) is 4. The maximum atomic E-state index is 5.77. The summed E-state index contributed by atoms with van der Waals surface area (Å²) in [6.07, 6.45) is 3.64. The Bertz CT molecular complexity index is 1580. The van der Waals surface area contributed by atoms with Crippen molar-refractivity contribution in [1.29, 1.82) is 0 Å². The molecule has 8 atom stereocenters. The van der Waals surface area contributed by atoms with Crippen molar-refractivity contribution in [3.05, 3.63) is 119 Å². The van der Waals surface area contributed by atoms with Crippen molar-refractivity contribution in [2.75, 3.05) is 78.8 Å². The van der Waals surface area contributed by atoms with Crippen LogP contribution in [-0.2, 0) is 25.7 Å². The van der Waals surface area contributed by atoms with Gasteiger partial charge in [-0.15, -0.1) is 0 Å². The van der Waals surface area contributed by atoms with E-state index in [0.717, 1.165) is 48.7 Å². The average molecular weight is 1010 g/mol. The first-order chi connectivity index (χ1) is 34.8. The topological polar surface area (TPSA) is 293 Å². The summed E-state index contributed by atoms with van der Waals surface area (Å²) in [5.41, 5.74) is 50.5. The Morgan fingerprint density at radius 1 is 0.292 bits per heavy atom. The Morgan fingerprint density at radius 2 is 0.458 bits per heavy atom. The fourth-order valence-electron chi connectivity index (χ4n) is 7.41. The average Bonchev–Trinajstić information content (AvgIpc) is 3.40. The van der Waals surface area contributed by atoms with Gasteiger partial charge in [-0.3, -0.25) is 0 Å². The third kappa shape index (κ3) is 30.0. The summed E-state index contributed by atoms with van der Waals surface area (Å²) < 4.78 is 21.7. The van der Waals surface area contributed by atoms with Crippen LogP contribution in [-0.4, -0.2) is 127 Å². The first-order valence-electron chi connectivity index (χ1n) is 26.3. The molecule has 4 rings (SSSR count). The molecule has 0 saturated heterocycles. The zero-order chi connectivity index (χ0) is 53.5. The third-order valence-electron chi connectivity index (χ3n) is 11.5. The lowest BCUT2D eigenvalue weighted by Gasteiger charge is -2.21. The summed E-state index contributed by atoms with van der Waals surface area (Å²) in [4.78, 5) is 0. The number of ether oxygens (including phenoxy) is 4. The van der Waals surface area contributed by atoms with E-state index in [2.05, 4.69) is 97.5 Å². The van der Waals surface area contributed by atoms with Crippen LogP contribution in [0, 0.1) is 0 Å². The van der Waals surface area contributed by atoms with Crippen LogP contribution >= 0.6 is 0 Å². The second kappa shape index (κ2) is 41.0. The van der Waals surface area contributed by atoms with Crippen LogP contribution in [0.2, 0.25) is 0 Å². The molecule has 4 aromatic carbocycles. The van der Waals surface area contributed by atoms with Crippen molar-refractivity contribution >= 4 is 0 Å². The molecule has 16 heteroatoms. The quantitative estimate of drug-likeness (QED) is 0.0333. The predicted octanol–water partition coefficient (Wildman–Crippen LogP) is 3.57. The smallest absolute Gasteiger partial charge is 0.119 e. The lowest BCUT2D eigenvalue weighted by molar-refractivity contribution is 0.340. The number of benzene rings is 4. The number of nitrogens with two attached hydrogens (primary N) is 8. The van der Waals surface area contributed by atoms with Gasteiger partial charge < -0.3 is 86.1 Å². The molecule has 72 heavy (non-hydrogen) atoms. The largest absolute Gasteiger partial charge is 0.494 e. The van der Waals surface area contributed by atoms with Gasteiger partial charge in [0.15, 0.2) is 0 Å². The molecule has 20 N–H and O–H groups in total. The highest BCUT2D eigenvalue weighted by Gasteiger charge is 2.14. The second-order valence-electron chi connectivity index (χ2n) is 18.1. The third-order valence-corrected chi connectivity index (χ3v) is 11.5. The Kier molecular flexibility index (Phi) is 37.4. The molecule has 0 bridgehead atoms. The van der Waals surface area contributed by atoms with Gasteiger partial charge in [0, 0.05) is 101 Å². The summed E-state index contributed by atoms with van der Waals surface area (Å²) in [6.45, 7) is 23.9. The molecule has 0 saturated carbocycles. The van der Waals surface area contributed by atoms with Crippen LogP contribution in [0.5, 0.6) is 23.0 Å². The van der Waals surface area contributed by atoms with Crippen LogP contribution in [0.3, 0.4) is 0 Å². The van der Waals surface area contributed by atoms with Crippen LogP contribution in [0.1, 0.15) is 77.6 Å². The van der Waals surface area contributed by atoms with Gasteiger partial charge in [-0.25, -0.2) is 0 Å². The van der Waals surface area contributed by atoms with Gasteiger partial charge >= 0.3 is 0 Å². The van der Waals surface area contributed by atoms with Gasteiger partial charge in [-0.05, 0) is 152 Å². The Labute approximate surface area is 435 Å². The number of rotatable bonds is 32. The van der Waals surface area contributed by atoms with Crippen molar-refractivity contribution < 1.29 is 18.9 Å². The van der Waals surface area contributed by atoms with E-state index < -0.39 is 0 Å². The zero-order valence-electron chi connectivity index (χ0n) is 45.4. The molecule has 0 aliphatic rings. The molecule has 0 aromatic heterocycles. The lowest BCUT2D eigenvalue weighted by atomic mass is 10.0. The van der Waals surface area contributed by atoms with E-state index in [9.17, 15) is 0 Å². The zero-order valence-corrected chi connectivity index (χ0v) is 45.4. The highest BCUT2D eigenvalue weighted by atomic mass is 16.5. The molecule has 0 radical (unpaired) electrons. The summed E-state index contributed by atoms with van der Waals surface area (Å²) in [5.74, 6) is 3.64. The van der Waals surface area contributed by atoms with Crippen molar-refractivity contribution in [3.63, 3.8) is 0 Å². The van der Waals surface area contributed by atoms with E-state index >= 15 is 0 Å². The number of hydrogen-bond acceptors (Lipinski definition) is 16.